The van der Waals surface area contributed by atoms with Gasteiger partial charge in [0, 0.05) is 19.1 Å². The summed E-state index contributed by atoms with van der Waals surface area (Å²) >= 11 is 0. The monoisotopic (exact) mass is 314 g/mol. The molecule has 1 aromatic carbocycles. The molecule has 21 heavy (non-hydrogen) atoms. The molecule has 1 fully saturated rings. The second-order valence-electron chi connectivity index (χ2n) is 5.96. The van der Waals surface area contributed by atoms with Crippen molar-refractivity contribution in [3.8, 4) is 0 Å². The molecule has 1 saturated carbocycles. The Morgan fingerprint density at radius 3 is 2.10 bits per heavy atom. The lowest BCUT2D eigenvalue weighted by molar-refractivity contribution is 0.268. The molecular formula is C15H23FN2O2S. The molecule has 0 heterocycles. The van der Waals surface area contributed by atoms with Crippen LogP contribution in [0.1, 0.15) is 36.8 Å². The molecule has 0 amide bonds. The summed E-state index contributed by atoms with van der Waals surface area (Å²) in [6.07, 6.45) is 3.23. The summed E-state index contributed by atoms with van der Waals surface area (Å²) in [7, 11) is -2.00. The minimum absolute atomic E-state index is 0.0290. The average molecular weight is 314 g/mol. The minimum atomic E-state index is -3.61. The standard InChI is InChI=1S/C15H23FN2O2S/c1-10-8-12(16)9-11(2)15(10)21(19,20)18(3)14-6-4-13(17)5-7-14/h8-9,13-14H,4-7,17H2,1-3H3. The lowest BCUT2D eigenvalue weighted by atomic mass is 9.92. The molecule has 0 atom stereocenters. The van der Waals surface area contributed by atoms with Crippen LogP contribution in [0, 0.1) is 19.7 Å². The summed E-state index contributed by atoms with van der Waals surface area (Å²) < 4.78 is 40.5. The van der Waals surface area contributed by atoms with Gasteiger partial charge in [0.05, 0.1) is 4.90 Å². The molecule has 4 nitrogen and oxygen atoms in total. The maximum Gasteiger partial charge on any atom is 0.243 e. The molecule has 0 unspecified atom stereocenters. The summed E-state index contributed by atoms with van der Waals surface area (Å²) in [6, 6.07) is 2.68. The van der Waals surface area contributed by atoms with E-state index in [0.717, 1.165) is 25.7 Å². The summed E-state index contributed by atoms with van der Waals surface area (Å²) in [5.41, 5.74) is 6.77. The first-order chi connectivity index (χ1) is 9.73. The molecular weight excluding hydrogens is 291 g/mol. The molecule has 0 aromatic heterocycles. The first-order valence-corrected chi connectivity index (χ1v) is 8.68. The SMILES string of the molecule is Cc1cc(F)cc(C)c1S(=O)(=O)N(C)C1CCC(N)CC1. The van der Waals surface area contributed by atoms with Crippen molar-refractivity contribution in [3.05, 3.63) is 29.1 Å². The van der Waals surface area contributed by atoms with Crippen LogP contribution in [-0.2, 0) is 10.0 Å². The highest BCUT2D eigenvalue weighted by atomic mass is 32.2. The Hall–Kier alpha value is -0.980. The Morgan fingerprint density at radius 2 is 1.62 bits per heavy atom. The largest absolute Gasteiger partial charge is 0.328 e. The molecule has 1 aliphatic carbocycles. The topological polar surface area (TPSA) is 63.4 Å². The number of nitrogens with two attached hydrogens (primary N) is 1. The van der Waals surface area contributed by atoms with Crippen LogP contribution in [-0.4, -0.2) is 31.9 Å². The fourth-order valence-electron chi connectivity index (χ4n) is 3.11. The summed E-state index contributed by atoms with van der Waals surface area (Å²) in [5.74, 6) is -0.407. The van der Waals surface area contributed by atoms with E-state index in [1.165, 1.54) is 16.4 Å². The molecule has 0 bridgehead atoms. The normalized spacial score (nSPS) is 23.5. The summed E-state index contributed by atoms with van der Waals surface area (Å²) in [5, 5.41) is 0. The molecule has 1 aliphatic rings. The first kappa shape index (κ1) is 16.4. The zero-order chi connectivity index (χ0) is 15.8. The molecule has 0 radical (unpaired) electrons. The van der Waals surface area contributed by atoms with Crippen LogP contribution in [0.25, 0.3) is 0 Å². The van der Waals surface area contributed by atoms with Crippen LogP contribution in [0.5, 0.6) is 0 Å². The third-order valence-electron chi connectivity index (χ3n) is 4.32. The van der Waals surface area contributed by atoms with Gasteiger partial charge in [0.25, 0.3) is 0 Å². The molecule has 2 N–H and O–H groups in total. The van der Waals surface area contributed by atoms with Crippen molar-refractivity contribution in [3.63, 3.8) is 0 Å². The van der Waals surface area contributed by atoms with E-state index in [1.54, 1.807) is 20.9 Å². The van der Waals surface area contributed by atoms with Gasteiger partial charge in [-0.25, -0.2) is 12.8 Å². The quantitative estimate of drug-likeness (QED) is 0.931. The Balaban J connectivity index is 2.34. The number of halogens is 1. The van der Waals surface area contributed by atoms with Crippen LogP contribution >= 0.6 is 0 Å². The third-order valence-corrected chi connectivity index (χ3v) is 6.53. The highest BCUT2D eigenvalue weighted by molar-refractivity contribution is 7.89. The van der Waals surface area contributed by atoms with Crippen LogP contribution < -0.4 is 5.73 Å². The van der Waals surface area contributed by atoms with Crippen molar-refractivity contribution < 1.29 is 12.8 Å². The van der Waals surface area contributed by atoms with Crippen molar-refractivity contribution in [2.75, 3.05) is 7.05 Å². The number of nitrogens with zero attached hydrogens (tertiary/aromatic N) is 1. The molecule has 0 spiro atoms. The van der Waals surface area contributed by atoms with E-state index >= 15 is 0 Å². The number of rotatable bonds is 3. The van der Waals surface area contributed by atoms with Crippen molar-refractivity contribution in [2.24, 2.45) is 5.73 Å². The highest BCUT2D eigenvalue weighted by Crippen LogP contribution is 2.29. The van der Waals surface area contributed by atoms with Crippen LogP contribution in [0.2, 0.25) is 0 Å². The van der Waals surface area contributed by atoms with Gasteiger partial charge in [0.15, 0.2) is 0 Å². The Kier molecular flexibility index (Phi) is 4.70. The van der Waals surface area contributed by atoms with Gasteiger partial charge < -0.3 is 5.73 Å². The van der Waals surface area contributed by atoms with Gasteiger partial charge in [-0.15, -0.1) is 0 Å². The van der Waals surface area contributed by atoms with E-state index in [9.17, 15) is 12.8 Å². The van der Waals surface area contributed by atoms with E-state index in [4.69, 9.17) is 5.73 Å². The maximum absolute atomic E-state index is 13.4. The van der Waals surface area contributed by atoms with Gasteiger partial charge in [0.1, 0.15) is 5.82 Å². The van der Waals surface area contributed by atoms with Gasteiger partial charge in [-0.1, -0.05) is 0 Å². The van der Waals surface area contributed by atoms with E-state index < -0.39 is 15.8 Å². The average Bonchev–Trinajstić information content (AvgIpc) is 2.37. The molecule has 1 aromatic rings. The molecule has 0 saturated heterocycles. The van der Waals surface area contributed by atoms with E-state index in [0.29, 0.717) is 11.1 Å². The van der Waals surface area contributed by atoms with Crippen LogP contribution in [0.15, 0.2) is 17.0 Å². The van der Waals surface area contributed by atoms with E-state index in [1.807, 2.05) is 0 Å². The first-order valence-electron chi connectivity index (χ1n) is 7.24. The van der Waals surface area contributed by atoms with Crippen molar-refractivity contribution in [1.82, 2.24) is 4.31 Å². The predicted molar refractivity (Wildman–Crippen MR) is 81.1 cm³/mol. The number of sulfonamides is 1. The second-order valence-corrected chi connectivity index (χ2v) is 7.89. The Labute approximate surface area is 126 Å². The Bertz CT molecular complexity index is 600. The fourth-order valence-corrected chi connectivity index (χ4v) is 4.93. The number of hydrogen-bond acceptors (Lipinski definition) is 3. The molecule has 6 heteroatoms. The van der Waals surface area contributed by atoms with Crippen molar-refractivity contribution in [1.29, 1.82) is 0 Å². The number of aryl methyl sites for hydroxylation is 2. The van der Waals surface area contributed by atoms with Gasteiger partial charge in [-0.3, -0.25) is 0 Å². The second kappa shape index (κ2) is 6.02. The lowest BCUT2D eigenvalue weighted by Crippen LogP contribution is -2.42. The van der Waals surface area contributed by atoms with Gasteiger partial charge >= 0.3 is 0 Å². The molecule has 118 valence electrons. The summed E-state index contributed by atoms with van der Waals surface area (Å²) in [6.45, 7) is 3.27. The van der Waals surface area contributed by atoms with Crippen LogP contribution in [0.4, 0.5) is 4.39 Å². The predicted octanol–water partition coefficient (Wildman–Crippen LogP) is 2.33. The maximum atomic E-state index is 13.4. The van der Waals surface area contributed by atoms with E-state index in [-0.39, 0.29) is 17.0 Å². The van der Waals surface area contributed by atoms with Gasteiger partial charge in [-0.2, -0.15) is 4.31 Å². The van der Waals surface area contributed by atoms with Crippen molar-refractivity contribution >= 4 is 10.0 Å². The zero-order valence-corrected chi connectivity index (χ0v) is 13.6. The van der Waals surface area contributed by atoms with Crippen LogP contribution in [0.3, 0.4) is 0 Å². The van der Waals surface area contributed by atoms with Gasteiger partial charge in [-0.05, 0) is 62.8 Å². The fraction of sp³-hybridized carbons (Fsp3) is 0.600. The lowest BCUT2D eigenvalue weighted by Gasteiger charge is -2.33. The molecule has 0 aliphatic heterocycles. The highest BCUT2D eigenvalue weighted by Gasteiger charge is 2.32. The number of benzene rings is 1. The Morgan fingerprint density at radius 1 is 1.14 bits per heavy atom. The zero-order valence-electron chi connectivity index (χ0n) is 12.8. The third kappa shape index (κ3) is 3.27. The van der Waals surface area contributed by atoms with E-state index in [2.05, 4.69) is 0 Å². The minimum Gasteiger partial charge on any atom is -0.328 e. The van der Waals surface area contributed by atoms with Gasteiger partial charge in [0.2, 0.25) is 10.0 Å². The van der Waals surface area contributed by atoms with Crippen molar-refractivity contribution in [2.45, 2.75) is 56.5 Å². The summed E-state index contributed by atoms with van der Waals surface area (Å²) in [4.78, 5) is 0.223. The number of hydrogen-bond donors (Lipinski definition) is 1. The molecule has 2 rings (SSSR count). The smallest absolute Gasteiger partial charge is 0.243 e.